The molecule has 1 aliphatic rings. The topological polar surface area (TPSA) is 67.7 Å². The fourth-order valence-electron chi connectivity index (χ4n) is 4.40. The summed E-state index contributed by atoms with van der Waals surface area (Å²) in [7, 11) is 3.26. The van der Waals surface area contributed by atoms with Crippen molar-refractivity contribution in [3.8, 4) is 21.9 Å². The molecule has 0 aliphatic carbocycles. The van der Waals surface area contributed by atoms with Gasteiger partial charge >= 0.3 is 0 Å². The minimum Gasteiger partial charge on any atom is -0.496 e. The third kappa shape index (κ3) is 3.21. The molecule has 5 rings (SSSR count). The van der Waals surface area contributed by atoms with Crippen LogP contribution < -0.4 is 14.4 Å². The summed E-state index contributed by atoms with van der Waals surface area (Å²) in [6, 6.07) is 14.1. The molecule has 0 fully saturated rings. The van der Waals surface area contributed by atoms with Crippen LogP contribution in [-0.4, -0.2) is 35.8 Å². The number of ether oxygens (including phenoxy) is 2. The Morgan fingerprint density at radius 1 is 1.03 bits per heavy atom. The number of rotatable bonds is 4. The van der Waals surface area contributed by atoms with Crippen LogP contribution in [0.2, 0.25) is 0 Å². The second-order valence-corrected chi connectivity index (χ2v) is 8.56. The molecule has 2 aromatic carbocycles. The molecular weight excluding hydrogens is 410 g/mol. The second kappa shape index (κ2) is 7.83. The number of aromatic nitrogens is 2. The van der Waals surface area contributed by atoms with Gasteiger partial charge in [0.25, 0.3) is 0 Å². The van der Waals surface area contributed by atoms with Gasteiger partial charge in [-0.05, 0) is 30.2 Å². The lowest BCUT2D eigenvalue weighted by molar-refractivity contribution is 0.169. The van der Waals surface area contributed by atoms with Gasteiger partial charge in [-0.25, -0.2) is 9.97 Å². The van der Waals surface area contributed by atoms with Crippen molar-refractivity contribution in [1.82, 2.24) is 9.97 Å². The standard InChI is InChI=1S/C24H23N3O3S/c1-14-20-23(25-13-26-24(20)31-22(14)15-7-5-4-6-8-15)27-11-16-18(29-2)9-10-19(30-3)21(16)17(28)12-27/h4-10,13,17,28H,11-12H2,1-3H3/t17-/m1/s1. The van der Waals surface area contributed by atoms with Crippen LogP contribution in [0.5, 0.6) is 11.5 Å². The number of anilines is 1. The summed E-state index contributed by atoms with van der Waals surface area (Å²) in [5, 5.41) is 12.1. The summed E-state index contributed by atoms with van der Waals surface area (Å²) in [4.78, 5) is 13.4. The third-order valence-electron chi connectivity index (χ3n) is 5.83. The number of hydrogen-bond donors (Lipinski definition) is 1. The zero-order chi connectivity index (χ0) is 21.5. The minimum atomic E-state index is -0.716. The van der Waals surface area contributed by atoms with Crippen molar-refractivity contribution < 1.29 is 14.6 Å². The van der Waals surface area contributed by atoms with Crippen molar-refractivity contribution in [2.24, 2.45) is 0 Å². The molecule has 2 aromatic heterocycles. The van der Waals surface area contributed by atoms with Gasteiger partial charge in [0.1, 0.15) is 34.6 Å². The summed E-state index contributed by atoms with van der Waals surface area (Å²) in [5.41, 5.74) is 4.03. The van der Waals surface area contributed by atoms with Gasteiger partial charge in [0.2, 0.25) is 0 Å². The van der Waals surface area contributed by atoms with Gasteiger partial charge in [-0.1, -0.05) is 30.3 Å². The van der Waals surface area contributed by atoms with E-state index in [0.29, 0.717) is 18.8 Å². The van der Waals surface area contributed by atoms with E-state index in [2.05, 4.69) is 33.9 Å². The van der Waals surface area contributed by atoms with Gasteiger partial charge in [-0.3, -0.25) is 0 Å². The number of aliphatic hydroxyl groups is 1. The molecule has 0 bridgehead atoms. The normalized spacial score (nSPS) is 15.7. The smallest absolute Gasteiger partial charge is 0.141 e. The maximum Gasteiger partial charge on any atom is 0.141 e. The lowest BCUT2D eigenvalue weighted by Crippen LogP contribution is -2.35. The van der Waals surface area contributed by atoms with Gasteiger partial charge in [0.15, 0.2) is 0 Å². The van der Waals surface area contributed by atoms with E-state index < -0.39 is 6.10 Å². The van der Waals surface area contributed by atoms with Gasteiger partial charge < -0.3 is 19.5 Å². The summed E-state index contributed by atoms with van der Waals surface area (Å²) in [5.74, 6) is 2.24. The predicted octanol–water partition coefficient (Wildman–Crippen LogP) is 4.74. The molecule has 158 valence electrons. The van der Waals surface area contributed by atoms with E-state index in [0.717, 1.165) is 38.5 Å². The number of aryl methyl sites for hydroxylation is 1. The van der Waals surface area contributed by atoms with Crippen LogP contribution in [0.1, 0.15) is 22.8 Å². The van der Waals surface area contributed by atoms with E-state index in [4.69, 9.17) is 9.47 Å². The Bertz CT molecular complexity index is 1260. The molecule has 1 N–H and O–H groups in total. The van der Waals surface area contributed by atoms with E-state index in [1.807, 2.05) is 30.3 Å². The Morgan fingerprint density at radius 3 is 2.52 bits per heavy atom. The van der Waals surface area contributed by atoms with Crippen LogP contribution in [0.3, 0.4) is 0 Å². The number of benzene rings is 2. The van der Waals surface area contributed by atoms with Gasteiger partial charge in [0.05, 0.1) is 26.2 Å². The molecule has 6 nitrogen and oxygen atoms in total. The van der Waals surface area contributed by atoms with Crippen molar-refractivity contribution in [2.75, 3.05) is 25.7 Å². The van der Waals surface area contributed by atoms with Crippen LogP contribution in [0.25, 0.3) is 20.7 Å². The van der Waals surface area contributed by atoms with Crippen molar-refractivity contribution in [3.05, 3.63) is 65.5 Å². The fraction of sp³-hybridized carbons (Fsp3) is 0.250. The second-order valence-electron chi connectivity index (χ2n) is 7.56. The molecule has 31 heavy (non-hydrogen) atoms. The quantitative estimate of drug-likeness (QED) is 0.502. The SMILES string of the molecule is COc1ccc(OC)c2c1CN(c1ncnc3sc(-c4ccccc4)c(C)c13)C[C@H]2O. The zero-order valence-electron chi connectivity index (χ0n) is 17.6. The number of hydrogen-bond acceptors (Lipinski definition) is 7. The first-order chi connectivity index (χ1) is 15.1. The van der Waals surface area contributed by atoms with Crippen LogP contribution in [0, 0.1) is 6.92 Å². The first kappa shape index (κ1) is 19.8. The van der Waals surface area contributed by atoms with E-state index >= 15 is 0 Å². The van der Waals surface area contributed by atoms with E-state index in [1.54, 1.807) is 31.9 Å². The summed E-state index contributed by atoms with van der Waals surface area (Å²) in [6.07, 6.45) is 0.888. The van der Waals surface area contributed by atoms with Crippen molar-refractivity contribution in [2.45, 2.75) is 19.6 Å². The predicted molar refractivity (Wildman–Crippen MR) is 123 cm³/mol. The number of methoxy groups -OCH3 is 2. The molecule has 0 amide bonds. The van der Waals surface area contributed by atoms with E-state index in [9.17, 15) is 5.11 Å². The number of aliphatic hydroxyl groups excluding tert-OH is 1. The van der Waals surface area contributed by atoms with Crippen LogP contribution >= 0.6 is 11.3 Å². The lowest BCUT2D eigenvalue weighted by atomic mass is 9.95. The molecule has 0 unspecified atom stereocenters. The van der Waals surface area contributed by atoms with Crippen molar-refractivity contribution >= 4 is 27.4 Å². The highest BCUT2D eigenvalue weighted by molar-refractivity contribution is 7.22. The molecule has 7 heteroatoms. The highest BCUT2D eigenvalue weighted by Gasteiger charge is 2.31. The number of fused-ring (bicyclic) bond motifs is 2. The Kier molecular flexibility index (Phi) is 5.00. The van der Waals surface area contributed by atoms with Crippen LogP contribution in [0.15, 0.2) is 48.8 Å². The number of β-amino-alcohol motifs (C(OH)–C–C–N with tert-alkyl or cyclic N) is 1. The molecule has 0 saturated carbocycles. The Balaban J connectivity index is 1.64. The number of thiophene rings is 1. The van der Waals surface area contributed by atoms with Gasteiger partial charge in [-0.15, -0.1) is 11.3 Å². The minimum absolute atomic E-state index is 0.415. The molecule has 3 heterocycles. The highest BCUT2D eigenvalue weighted by Crippen LogP contribution is 2.44. The molecule has 1 aliphatic heterocycles. The Morgan fingerprint density at radius 2 is 1.77 bits per heavy atom. The summed E-state index contributed by atoms with van der Waals surface area (Å²) in [6.45, 7) is 3.10. The van der Waals surface area contributed by atoms with Crippen molar-refractivity contribution in [1.29, 1.82) is 0 Å². The molecule has 0 saturated heterocycles. The zero-order valence-corrected chi connectivity index (χ0v) is 18.4. The van der Waals surface area contributed by atoms with Crippen molar-refractivity contribution in [3.63, 3.8) is 0 Å². The molecule has 0 spiro atoms. The fourth-order valence-corrected chi connectivity index (χ4v) is 5.54. The lowest BCUT2D eigenvalue weighted by Gasteiger charge is -2.35. The molecular formula is C24H23N3O3S. The van der Waals surface area contributed by atoms with Crippen LogP contribution in [0.4, 0.5) is 5.82 Å². The maximum atomic E-state index is 11.0. The average Bonchev–Trinajstić information content (AvgIpc) is 3.15. The highest BCUT2D eigenvalue weighted by atomic mass is 32.1. The Hall–Kier alpha value is -3.16. The summed E-state index contributed by atoms with van der Waals surface area (Å²) >= 11 is 1.67. The average molecular weight is 434 g/mol. The Labute approximate surface area is 184 Å². The monoisotopic (exact) mass is 433 g/mol. The summed E-state index contributed by atoms with van der Waals surface area (Å²) < 4.78 is 11.1. The van der Waals surface area contributed by atoms with E-state index in [-0.39, 0.29) is 0 Å². The third-order valence-corrected chi connectivity index (χ3v) is 7.08. The van der Waals surface area contributed by atoms with Gasteiger partial charge in [0, 0.05) is 22.5 Å². The maximum absolute atomic E-state index is 11.0. The molecule has 0 radical (unpaired) electrons. The first-order valence-corrected chi connectivity index (χ1v) is 10.9. The van der Waals surface area contributed by atoms with Crippen LogP contribution in [-0.2, 0) is 6.54 Å². The number of nitrogens with zero attached hydrogens (tertiary/aromatic N) is 3. The van der Waals surface area contributed by atoms with Gasteiger partial charge in [-0.2, -0.15) is 0 Å². The molecule has 1 atom stereocenters. The first-order valence-electron chi connectivity index (χ1n) is 10.1. The molecule has 4 aromatic rings. The largest absolute Gasteiger partial charge is 0.496 e. The van der Waals surface area contributed by atoms with E-state index in [1.165, 1.54) is 10.4 Å².